The lowest BCUT2D eigenvalue weighted by atomic mass is 10.2. The van der Waals surface area contributed by atoms with E-state index in [0.717, 1.165) is 0 Å². The smallest absolute Gasteiger partial charge is 0.321 e. The molecule has 0 bridgehead atoms. The first-order valence-corrected chi connectivity index (χ1v) is 4.39. The van der Waals surface area contributed by atoms with Crippen LogP contribution in [-0.2, 0) is 14.4 Å². The number of carboxylic acid groups (broad SMARTS) is 2. The Bertz CT molecular complexity index is 253. The van der Waals surface area contributed by atoms with Crippen LogP contribution in [0.1, 0.15) is 19.3 Å². The van der Waals surface area contributed by atoms with Gasteiger partial charge in [-0.25, -0.2) is 0 Å². The molecule has 0 spiro atoms. The lowest BCUT2D eigenvalue weighted by Gasteiger charge is -2.11. The number of amides is 1. The van der Waals surface area contributed by atoms with Crippen molar-refractivity contribution in [1.29, 1.82) is 0 Å². The van der Waals surface area contributed by atoms with Gasteiger partial charge in [0.2, 0.25) is 5.91 Å². The van der Waals surface area contributed by atoms with Crippen molar-refractivity contribution in [3.63, 3.8) is 0 Å². The molecule has 0 saturated carbocycles. The molecule has 0 aromatic carbocycles. The average molecular weight is 218 g/mol. The monoisotopic (exact) mass is 218 g/mol. The molecule has 7 heteroatoms. The molecule has 15 heavy (non-hydrogen) atoms. The molecule has 7 nitrogen and oxygen atoms in total. The summed E-state index contributed by atoms with van der Waals surface area (Å²) >= 11 is 0. The molecule has 0 aliphatic rings. The van der Waals surface area contributed by atoms with Gasteiger partial charge in [0, 0.05) is 6.42 Å². The van der Waals surface area contributed by atoms with Gasteiger partial charge in [0.1, 0.15) is 6.04 Å². The fourth-order valence-corrected chi connectivity index (χ4v) is 0.964. The van der Waals surface area contributed by atoms with Gasteiger partial charge in [-0.2, -0.15) is 0 Å². The van der Waals surface area contributed by atoms with Crippen molar-refractivity contribution in [2.45, 2.75) is 25.3 Å². The number of hydrogen-bond donors (Lipinski definition) is 4. The van der Waals surface area contributed by atoms with E-state index >= 15 is 0 Å². The Labute approximate surface area is 86.3 Å². The predicted molar refractivity (Wildman–Crippen MR) is 50.1 cm³/mol. The first-order valence-electron chi connectivity index (χ1n) is 4.39. The van der Waals surface area contributed by atoms with Crippen LogP contribution in [0.3, 0.4) is 0 Å². The normalized spacial score (nSPS) is 12.0. The van der Waals surface area contributed by atoms with Gasteiger partial charge in [-0.3, -0.25) is 14.4 Å². The summed E-state index contributed by atoms with van der Waals surface area (Å²) in [6.07, 6.45) is -0.0454. The van der Waals surface area contributed by atoms with Crippen LogP contribution in [0, 0.1) is 0 Å². The molecular weight excluding hydrogens is 204 g/mol. The van der Waals surface area contributed by atoms with E-state index in [2.05, 4.69) is 5.32 Å². The third-order valence-electron chi connectivity index (χ3n) is 1.66. The second-order valence-corrected chi connectivity index (χ2v) is 3.01. The van der Waals surface area contributed by atoms with Crippen molar-refractivity contribution in [2.75, 3.05) is 6.54 Å². The van der Waals surface area contributed by atoms with Crippen LogP contribution >= 0.6 is 0 Å². The zero-order chi connectivity index (χ0) is 11.8. The molecule has 0 heterocycles. The van der Waals surface area contributed by atoms with E-state index in [-0.39, 0.29) is 19.4 Å². The Hall–Kier alpha value is -1.63. The van der Waals surface area contributed by atoms with Crippen molar-refractivity contribution in [1.82, 2.24) is 5.32 Å². The molecule has 1 amide bonds. The van der Waals surface area contributed by atoms with Crippen LogP contribution in [0.5, 0.6) is 0 Å². The summed E-state index contributed by atoms with van der Waals surface area (Å²) in [6, 6.07) is -1.05. The molecule has 0 aromatic heterocycles. The van der Waals surface area contributed by atoms with Gasteiger partial charge in [-0.15, -0.1) is 0 Å². The number of rotatable bonds is 8. The van der Waals surface area contributed by atoms with E-state index in [1.807, 2.05) is 0 Å². The van der Waals surface area contributed by atoms with Crippen molar-refractivity contribution in [3.8, 4) is 0 Å². The highest BCUT2D eigenvalue weighted by Crippen LogP contribution is 1.93. The summed E-state index contributed by atoms with van der Waals surface area (Å²) in [6.45, 7) is 0.219. The highest BCUT2D eigenvalue weighted by molar-refractivity contribution is 5.83. The molecule has 0 saturated heterocycles. The van der Waals surface area contributed by atoms with E-state index in [9.17, 15) is 14.4 Å². The fourth-order valence-electron chi connectivity index (χ4n) is 0.964. The van der Waals surface area contributed by atoms with Gasteiger partial charge in [-0.1, -0.05) is 0 Å². The Morgan fingerprint density at radius 1 is 1.27 bits per heavy atom. The van der Waals surface area contributed by atoms with Crippen molar-refractivity contribution < 1.29 is 24.6 Å². The van der Waals surface area contributed by atoms with E-state index in [0.29, 0.717) is 6.42 Å². The summed E-state index contributed by atoms with van der Waals surface area (Å²) in [5.74, 6) is -2.84. The number of carbonyl (C=O) groups excluding carboxylic acids is 1. The lowest BCUT2D eigenvalue weighted by molar-refractivity contribution is -0.141. The van der Waals surface area contributed by atoms with Gasteiger partial charge in [0.25, 0.3) is 0 Å². The van der Waals surface area contributed by atoms with Gasteiger partial charge in [-0.05, 0) is 13.0 Å². The van der Waals surface area contributed by atoms with Gasteiger partial charge < -0.3 is 21.3 Å². The Morgan fingerprint density at radius 2 is 1.87 bits per heavy atom. The van der Waals surface area contributed by atoms with Crippen LogP contribution in [0.4, 0.5) is 0 Å². The van der Waals surface area contributed by atoms with Crippen molar-refractivity contribution in [3.05, 3.63) is 0 Å². The number of carboxylic acids is 2. The molecule has 5 N–H and O–H groups in total. The number of nitrogens with two attached hydrogens (primary N) is 1. The summed E-state index contributed by atoms with van der Waals surface area (Å²) < 4.78 is 0. The number of carbonyl (C=O) groups is 3. The molecule has 1 atom stereocenters. The maximum Gasteiger partial charge on any atom is 0.321 e. The van der Waals surface area contributed by atoms with Crippen LogP contribution in [0.15, 0.2) is 0 Å². The molecule has 0 rings (SSSR count). The summed E-state index contributed by atoms with van der Waals surface area (Å²) in [5, 5.41) is 19.5. The zero-order valence-electron chi connectivity index (χ0n) is 8.10. The third-order valence-corrected chi connectivity index (χ3v) is 1.66. The average Bonchev–Trinajstić information content (AvgIpc) is 2.08. The fraction of sp³-hybridized carbons (Fsp3) is 0.625. The number of aliphatic carboxylic acids is 2. The van der Waals surface area contributed by atoms with E-state index in [4.69, 9.17) is 15.9 Å². The highest BCUT2D eigenvalue weighted by Gasteiger charge is 2.18. The molecule has 0 radical (unpaired) electrons. The zero-order valence-corrected chi connectivity index (χ0v) is 8.10. The van der Waals surface area contributed by atoms with E-state index in [1.165, 1.54) is 0 Å². The Morgan fingerprint density at radius 3 is 2.27 bits per heavy atom. The minimum Gasteiger partial charge on any atom is -0.481 e. The first-order chi connectivity index (χ1) is 6.93. The highest BCUT2D eigenvalue weighted by atomic mass is 16.4. The number of hydrogen-bond acceptors (Lipinski definition) is 4. The van der Waals surface area contributed by atoms with Crippen molar-refractivity contribution in [2.24, 2.45) is 5.73 Å². The Kier molecular flexibility index (Phi) is 6.03. The predicted octanol–water partition coefficient (Wildman–Crippen LogP) is -1.23. The van der Waals surface area contributed by atoms with Crippen LogP contribution in [0.25, 0.3) is 0 Å². The van der Waals surface area contributed by atoms with Crippen LogP contribution in [-0.4, -0.2) is 40.6 Å². The van der Waals surface area contributed by atoms with Gasteiger partial charge in [0.15, 0.2) is 0 Å². The Balaban J connectivity index is 3.81. The minimum absolute atomic E-state index is 0.0457. The maximum absolute atomic E-state index is 10.6. The maximum atomic E-state index is 10.6. The second kappa shape index (κ2) is 6.77. The number of primary amides is 1. The summed E-state index contributed by atoms with van der Waals surface area (Å²) in [5.41, 5.74) is 4.85. The lowest BCUT2D eigenvalue weighted by Crippen LogP contribution is -2.40. The third kappa shape index (κ3) is 7.44. The van der Waals surface area contributed by atoms with Crippen LogP contribution in [0.2, 0.25) is 0 Å². The standard InChI is InChI=1S/C8H14N2O5/c9-6(11)4-5(8(14)15)10-3-1-2-7(12)13/h5,10H,1-4H2,(H2,9,11)(H,12,13)(H,14,15). The molecule has 0 aromatic rings. The van der Waals surface area contributed by atoms with Crippen LogP contribution < -0.4 is 11.1 Å². The minimum atomic E-state index is -1.18. The van der Waals surface area contributed by atoms with Crippen molar-refractivity contribution >= 4 is 17.8 Å². The first kappa shape index (κ1) is 13.4. The van der Waals surface area contributed by atoms with E-state index < -0.39 is 23.9 Å². The quantitative estimate of drug-likeness (QED) is 0.377. The summed E-state index contributed by atoms with van der Waals surface area (Å²) in [4.78, 5) is 31.2. The molecule has 0 aliphatic heterocycles. The van der Waals surface area contributed by atoms with Gasteiger partial charge >= 0.3 is 11.9 Å². The molecule has 0 fully saturated rings. The molecular formula is C8H14N2O5. The van der Waals surface area contributed by atoms with E-state index in [1.54, 1.807) is 0 Å². The van der Waals surface area contributed by atoms with Gasteiger partial charge in [0.05, 0.1) is 6.42 Å². The SMILES string of the molecule is NC(=O)CC(NCCCC(=O)O)C(=O)O. The second-order valence-electron chi connectivity index (χ2n) is 3.01. The number of nitrogens with one attached hydrogen (secondary N) is 1. The molecule has 86 valence electrons. The molecule has 1 unspecified atom stereocenters. The summed E-state index contributed by atoms with van der Waals surface area (Å²) in [7, 11) is 0. The largest absolute Gasteiger partial charge is 0.481 e. The topological polar surface area (TPSA) is 130 Å². The molecule has 0 aliphatic carbocycles.